The molecule has 0 aliphatic heterocycles. The zero-order chi connectivity index (χ0) is 14.7. The summed E-state index contributed by atoms with van der Waals surface area (Å²) >= 11 is 0. The molecule has 1 amide bonds. The normalized spacial score (nSPS) is 11.9. The Morgan fingerprint density at radius 2 is 2.00 bits per heavy atom. The summed E-state index contributed by atoms with van der Waals surface area (Å²) in [6, 6.07) is 10.5. The monoisotopic (exact) mass is 273 g/mol. The number of benzene rings is 2. The second-order valence-electron chi connectivity index (χ2n) is 4.77. The lowest BCUT2D eigenvalue weighted by atomic mass is 10.1. The number of hydrogen-bond acceptors (Lipinski definition) is 2. The maximum absolute atomic E-state index is 13.2. The molecule has 1 atom stereocenters. The third kappa shape index (κ3) is 3.15. The average molecular weight is 273 g/mol. The molecule has 0 aliphatic carbocycles. The van der Waals surface area contributed by atoms with Gasteiger partial charge in [0.1, 0.15) is 11.6 Å². The molecule has 20 heavy (non-hydrogen) atoms. The van der Waals surface area contributed by atoms with E-state index in [0.717, 1.165) is 5.56 Å². The SMILES string of the molecule is Cc1ccc(O)c(C(=O)NC(C)c2cccc(F)c2)c1. The summed E-state index contributed by atoms with van der Waals surface area (Å²) in [6.45, 7) is 3.60. The summed E-state index contributed by atoms with van der Waals surface area (Å²) < 4.78 is 13.2. The van der Waals surface area contributed by atoms with Gasteiger partial charge in [0.25, 0.3) is 5.91 Å². The first-order chi connectivity index (χ1) is 9.47. The summed E-state index contributed by atoms with van der Waals surface area (Å²) in [5.41, 5.74) is 1.77. The molecular formula is C16H16FNO2. The highest BCUT2D eigenvalue weighted by molar-refractivity contribution is 5.97. The second-order valence-corrected chi connectivity index (χ2v) is 4.77. The smallest absolute Gasteiger partial charge is 0.255 e. The average Bonchev–Trinajstić information content (AvgIpc) is 2.41. The van der Waals surface area contributed by atoms with Crippen LogP contribution in [0.15, 0.2) is 42.5 Å². The van der Waals surface area contributed by atoms with Gasteiger partial charge in [-0.2, -0.15) is 0 Å². The fraction of sp³-hybridized carbons (Fsp3) is 0.188. The van der Waals surface area contributed by atoms with Crippen molar-refractivity contribution in [3.63, 3.8) is 0 Å². The van der Waals surface area contributed by atoms with Gasteiger partial charge in [0.2, 0.25) is 0 Å². The molecule has 0 aromatic heterocycles. The number of halogens is 1. The minimum Gasteiger partial charge on any atom is -0.507 e. The molecule has 4 heteroatoms. The number of rotatable bonds is 3. The van der Waals surface area contributed by atoms with Crippen molar-refractivity contribution in [1.29, 1.82) is 0 Å². The summed E-state index contributed by atoms with van der Waals surface area (Å²) in [6.07, 6.45) is 0. The molecule has 0 heterocycles. The molecule has 2 rings (SSSR count). The van der Waals surface area contributed by atoms with Crippen LogP contribution in [0.1, 0.15) is 34.5 Å². The molecule has 1 unspecified atom stereocenters. The van der Waals surface area contributed by atoms with Gasteiger partial charge in [0.05, 0.1) is 11.6 Å². The first-order valence-corrected chi connectivity index (χ1v) is 6.33. The topological polar surface area (TPSA) is 49.3 Å². The van der Waals surface area contributed by atoms with Crippen LogP contribution >= 0.6 is 0 Å². The van der Waals surface area contributed by atoms with Crippen LogP contribution in [0.4, 0.5) is 4.39 Å². The van der Waals surface area contributed by atoms with E-state index in [-0.39, 0.29) is 29.1 Å². The molecule has 0 radical (unpaired) electrons. The lowest BCUT2D eigenvalue weighted by molar-refractivity contribution is 0.0937. The Balaban J connectivity index is 2.17. The van der Waals surface area contributed by atoms with Crippen LogP contribution in [-0.4, -0.2) is 11.0 Å². The Bertz CT molecular complexity index is 640. The van der Waals surface area contributed by atoms with Crippen molar-refractivity contribution in [2.75, 3.05) is 0 Å². The van der Waals surface area contributed by atoms with Crippen LogP contribution in [0.5, 0.6) is 5.75 Å². The molecule has 104 valence electrons. The predicted octanol–water partition coefficient (Wildman–Crippen LogP) is 3.33. The van der Waals surface area contributed by atoms with E-state index >= 15 is 0 Å². The maximum Gasteiger partial charge on any atom is 0.255 e. The summed E-state index contributed by atoms with van der Waals surface area (Å²) in [5.74, 6) is -0.801. The maximum atomic E-state index is 13.2. The van der Waals surface area contributed by atoms with Crippen LogP contribution < -0.4 is 5.32 Å². The molecule has 2 aromatic rings. The van der Waals surface area contributed by atoms with Crippen LogP contribution in [0, 0.1) is 12.7 Å². The van der Waals surface area contributed by atoms with Crippen molar-refractivity contribution in [1.82, 2.24) is 5.32 Å². The van der Waals surface area contributed by atoms with Crippen LogP contribution in [0.3, 0.4) is 0 Å². The first kappa shape index (κ1) is 14.1. The van der Waals surface area contributed by atoms with Gasteiger partial charge in [-0.3, -0.25) is 4.79 Å². The summed E-state index contributed by atoms with van der Waals surface area (Å²) in [7, 11) is 0. The Morgan fingerprint density at radius 3 is 2.70 bits per heavy atom. The number of hydrogen-bond donors (Lipinski definition) is 2. The highest BCUT2D eigenvalue weighted by Gasteiger charge is 2.15. The number of aryl methyl sites for hydroxylation is 1. The third-order valence-electron chi connectivity index (χ3n) is 3.09. The zero-order valence-corrected chi connectivity index (χ0v) is 11.4. The fourth-order valence-corrected chi connectivity index (χ4v) is 1.97. The van der Waals surface area contributed by atoms with E-state index in [2.05, 4.69) is 5.32 Å². The summed E-state index contributed by atoms with van der Waals surface area (Å²) in [5, 5.41) is 12.5. The number of nitrogens with one attached hydrogen (secondary N) is 1. The van der Waals surface area contributed by atoms with Crippen molar-refractivity contribution in [3.8, 4) is 5.75 Å². The van der Waals surface area contributed by atoms with Gasteiger partial charge in [0, 0.05) is 0 Å². The lowest BCUT2D eigenvalue weighted by Gasteiger charge is -2.15. The van der Waals surface area contributed by atoms with Crippen molar-refractivity contribution in [3.05, 3.63) is 65.0 Å². The number of amides is 1. The largest absolute Gasteiger partial charge is 0.507 e. The van der Waals surface area contributed by atoms with Gasteiger partial charge in [-0.15, -0.1) is 0 Å². The van der Waals surface area contributed by atoms with Crippen LogP contribution in [0.25, 0.3) is 0 Å². The van der Waals surface area contributed by atoms with Crippen molar-refractivity contribution < 1.29 is 14.3 Å². The van der Waals surface area contributed by atoms with E-state index in [1.54, 1.807) is 31.2 Å². The van der Waals surface area contributed by atoms with Crippen LogP contribution in [0.2, 0.25) is 0 Å². The van der Waals surface area contributed by atoms with E-state index in [1.807, 2.05) is 6.92 Å². The molecular weight excluding hydrogens is 257 g/mol. The van der Waals surface area contributed by atoms with Crippen LogP contribution in [-0.2, 0) is 0 Å². The molecule has 2 aromatic carbocycles. The highest BCUT2D eigenvalue weighted by Crippen LogP contribution is 2.20. The van der Waals surface area contributed by atoms with Gasteiger partial charge < -0.3 is 10.4 Å². The Morgan fingerprint density at radius 1 is 1.25 bits per heavy atom. The predicted molar refractivity (Wildman–Crippen MR) is 75.1 cm³/mol. The van der Waals surface area contributed by atoms with E-state index in [0.29, 0.717) is 5.56 Å². The lowest BCUT2D eigenvalue weighted by Crippen LogP contribution is -2.26. The van der Waals surface area contributed by atoms with Gasteiger partial charge in [-0.1, -0.05) is 23.8 Å². The van der Waals surface area contributed by atoms with Gasteiger partial charge in [-0.05, 0) is 43.7 Å². The molecule has 0 aliphatic rings. The van der Waals surface area contributed by atoms with E-state index in [1.165, 1.54) is 18.2 Å². The quantitative estimate of drug-likeness (QED) is 0.901. The molecule has 0 fully saturated rings. The zero-order valence-electron chi connectivity index (χ0n) is 11.4. The van der Waals surface area contributed by atoms with Crippen molar-refractivity contribution in [2.24, 2.45) is 0 Å². The molecule has 2 N–H and O–H groups in total. The van der Waals surface area contributed by atoms with E-state index in [9.17, 15) is 14.3 Å². The fourth-order valence-electron chi connectivity index (χ4n) is 1.97. The second kappa shape index (κ2) is 5.74. The first-order valence-electron chi connectivity index (χ1n) is 6.33. The molecule has 0 bridgehead atoms. The molecule has 0 saturated carbocycles. The molecule has 3 nitrogen and oxygen atoms in total. The Hall–Kier alpha value is -2.36. The minimum atomic E-state index is -0.386. The van der Waals surface area contributed by atoms with E-state index in [4.69, 9.17) is 0 Å². The third-order valence-corrected chi connectivity index (χ3v) is 3.09. The minimum absolute atomic E-state index is 0.0699. The van der Waals surface area contributed by atoms with Crippen molar-refractivity contribution in [2.45, 2.75) is 19.9 Å². The Kier molecular flexibility index (Phi) is 4.03. The molecule has 0 saturated heterocycles. The summed E-state index contributed by atoms with van der Waals surface area (Å²) in [4.78, 5) is 12.1. The van der Waals surface area contributed by atoms with Gasteiger partial charge in [0.15, 0.2) is 0 Å². The van der Waals surface area contributed by atoms with E-state index < -0.39 is 0 Å². The van der Waals surface area contributed by atoms with Gasteiger partial charge in [-0.25, -0.2) is 4.39 Å². The Labute approximate surface area is 117 Å². The number of aromatic hydroxyl groups is 1. The highest BCUT2D eigenvalue weighted by atomic mass is 19.1. The number of carbonyl (C=O) groups excluding carboxylic acids is 1. The van der Waals surface area contributed by atoms with Crippen molar-refractivity contribution >= 4 is 5.91 Å². The molecule has 0 spiro atoms. The number of phenols is 1. The number of phenolic OH excluding ortho intramolecular Hbond substituents is 1. The number of carbonyl (C=O) groups is 1. The standard InChI is InChI=1S/C16H16FNO2/c1-10-6-7-15(19)14(8-10)16(20)18-11(2)12-4-3-5-13(17)9-12/h3-9,11,19H,1-2H3,(H,18,20). The van der Waals surface area contributed by atoms with Gasteiger partial charge >= 0.3 is 0 Å².